The van der Waals surface area contributed by atoms with Gasteiger partial charge in [0, 0.05) is 18.8 Å². The SMILES string of the molecule is N#Cc1ccccc1Cn1ccnc1Cc1ccc(F)c(F)c1F. The van der Waals surface area contributed by atoms with Crippen LogP contribution in [0.3, 0.4) is 0 Å². The molecule has 1 heterocycles. The van der Waals surface area contributed by atoms with E-state index in [4.69, 9.17) is 5.26 Å². The molecule has 0 unspecified atom stereocenters. The summed E-state index contributed by atoms with van der Waals surface area (Å²) in [6.07, 6.45) is 3.26. The zero-order valence-corrected chi connectivity index (χ0v) is 12.5. The Morgan fingerprint density at radius 2 is 1.79 bits per heavy atom. The molecule has 0 aliphatic heterocycles. The number of nitrogens with zero attached hydrogens (tertiary/aromatic N) is 3. The predicted molar refractivity (Wildman–Crippen MR) is 81.6 cm³/mol. The molecular formula is C18H12F3N3. The van der Waals surface area contributed by atoms with Crippen LogP contribution in [0.1, 0.15) is 22.5 Å². The van der Waals surface area contributed by atoms with Crippen molar-refractivity contribution < 1.29 is 13.2 Å². The number of aromatic nitrogens is 2. The Morgan fingerprint density at radius 1 is 1.00 bits per heavy atom. The number of nitriles is 1. The zero-order chi connectivity index (χ0) is 17.1. The van der Waals surface area contributed by atoms with E-state index in [9.17, 15) is 13.2 Å². The van der Waals surface area contributed by atoms with Gasteiger partial charge in [0.1, 0.15) is 5.82 Å². The molecule has 0 amide bonds. The second-order valence-corrected chi connectivity index (χ2v) is 5.25. The number of benzene rings is 2. The van der Waals surface area contributed by atoms with Crippen molar-refractivity contribution >= 4 is 0 Å². The summed E-state index contributed by atoms with van der Waals surface area (Å²) in [5, 5.41) is 9.14. The summed E-state index contributed by atoms with van der Waals surface area (Å²) in [7, 11) is 0. The van der Waals surface area contributed by atoms with Gasteiger partial charge in [0.05, 0.1) is 18.2 Å². The normalized spacial score (nSPS) is 10.6. The minimum Gasteiger partial charge on any atom is -0.330 e. The third-order valence-corrected chi connectivity index (χ3v) is 3.74. The molecule has 0 radical (unpaired) electrons. The molecule has 6 heteroatoms. The molecule has 3 rings (SSSR count). The molecule has 0 atom stereocenters. The number of rotatable bonds is 4. The van der Waals surface area contributed by atoms with Crippen molar-refractivity contribution in [3.8, 4) is 6.07 Å². The molecule has 3 nitrogen and oxygen atoms in total. The van der Waals surface area contributed by atoms with Gasteiger partial charge in [0.15, 0.2) is 17.5 Å². The first kappa shape index (κ1) is 15.8. The van der Waals surface area contributed by atoms with Gasteiger partial charge >= 0.3 is 0 Å². The number of imidazole rings is 1. The topological polar surface area (TPSA) is 41.6 Å². The maximum Gasteiger partial charge on any atom is 0.194 e. The highest BCUT2D eigenvalue weighted by molar-refractivity contribution is 5.37. The van der Waals surface area contributed by atoms with Gasteiger partial charge in [-0.1, -0.05) is 24.3 Å². The minimum atomic E-state index is -1.49. The summed E-state index contributed by atoms with van der Waals surface area (Å²) < 4.78 is 42.0. The molecule has 0 saturated carbocycles. The molecule has 0 fully saturated rings. The smallest absolute Gasteiger partial charge is 0.194 e. The fourth-order valence-electron chi connectivity index (χ4n) is 2.47. The zero-order valence-electron chi connectivity index (χ0n) is 12.5. The van der Waals surface area contributed by atoms with Crippen molar-refractivity contribution in [2.24, 2.45) is 0 Å². The van der Waals surface area contributed by atoms with Gasteiger partial charge in [-0.2, -0.15) is 5.26 Å². The van der Waals surface area contributed by atoms with Crippen LogP contribution in [0.25, 0.3) is 0 Å². The number of halogens is 3. The Hall–Kier alpha value is -3.07. The van der Waals surface area contributed by atoms with Crippen LogP contribution in [0.4, 0.5) is 13.2 Å². The molecule has 3 aromatic rings. The van der Waals surface area contributed by atoms with Crippen LogP contribution >= 0.6 is 0 Å². The van der Waals surface area contributed by atoms with Gasteiger partial charge in [0.25, 0.3) is 0 Å². The van der Waals surface area contributed by atoms with Crippen LogP contribution in [-0.2, 0) is 13.0 Å². The standard InChI is InChI=1S/C18H12F3N3/c19-15-6-5-12(17(20)18(15)21)9-16-23-7-8-24(16)11-14-4-2-1-3-13(14)10-22/h1-8H,9,11H2. The fourth-order valence-corrected chi connectivity index (χ4v) is 2.47. The Labute approximate surface area is 136 Å². The van der Waals surface area contributed by atoms with E-state index in [1.807, 2.05) is 12.1 Å². The number of hydrogen-bond acceptors (Lipinski definition) is 2. The Bertz CT molecular complexity index is 925. The van der Waals surface area contributed by atoms with E-state index in [0.29, 0.717) is 17.9 Å². The molecule has 120 valence electrons. The van der Waals surface area contributed by atoms with E-state index < -0.39 is 17.5 Å². The van der Waals surface area contributed by atoms with Crippen LogP contribution in [-0.4, -0.2) is 9.55 Å². The Morgan fingerprint density at radius 3 is 2.58 bits per heavy atom. The Kier molecular flexibility index (Phi) is 4.34. The summed E-state index contributed by atoms with van der Waals surface area (Å²) in [4.78, 5) is 4.15. The maximum atomic E-state index is 13.8. The average molecular weight is 327 g/mol. The average Bonchev–Trinajstić information content (AvgIpc) is 3.03. The van der Waals surface area contributed by atoms with Crippen LogP contribution in [0, 0.1) is 28.8 Å². The molecule has 24 heavy (non-hydrogen) atoms. The van der Waals surface area contributed by atoms with Crippen molar-refractivity contribution in [1.29, 1.82) is 5.26 Å². The Balaban J connectivity index is 1.89. The molecule has 0 aliphatic carbocycles. The van der Waals surface area contributed by atoms with Gasteiger partial charge in [-0.3, -0.25) is 0 Å². The fraction of sp³-hybridized carbons (Fsp3) is 0.111. The molecule has 0 saturated heterocycles. The molecule has 1 aromatic heterocycles. The first-order valence-corrected chi connectivity index (χ1v) is 7.20. The summed E-state index contributed by atoms with van der Waals surface area (Å²) in [5.74, 6) is -3.42. The lowest BCUT2D eigenvalue weighted by molar-refractivity contribution is 0.441. The molecule has 0 spiro atoms. The van der Waals surface area contributed by atoms with Crippen molar-refractivity contribution in [3.63, 3.8) is 0 Å². The third kappa shape index (κ3) is 3.01. The van der Waals surface area contributed by atoms with Gasteiger partial charge in [0.2, 0.25) is 0 Å². The predicted octanol–water partition coefficient (Wildman–Crippen LogP) is 3.81. The van der Waals surface area contributed by atoms with Gasteiger partial charge in [-0.05, 0) is 23.3 Å². The van der Waals surface area contributed by atoms with Crippen molar-refractivity contribution in [3.05, 3.63) is 88.8 Å². The van der Waals surface area contributed by atoms with Crippen molar-refractivity contribution in [2.75, 3.05) is 0 Å². The molecule has 0 bridgehead atoms. The van der Waals surface area contributed by atoms with Crippen LogP contribution in [0.5, 0.6) is 0 Å². The molecule has 0 N–H and O–H groups in total. The largest absolute Gasteiger partial charge is 0.330 e. The highest BCUT2D eigenvalue weighted by Gasteiger charge is 2.15. The first-order valence-electron chi connectivity index (χ1n) is 7.20. The van der Waals surface area contributed by atoms with E-state index >= 15 is 0 Å². The van der Waals surface area contributed by atoms with Gasteiger partial charge < -0.3 is 4.57 Å². The van der Waals surface area contributed by atoms with Gasteiger partial charge in [-0.15, -0.1) is 0 Å². The lowest BCUT2D eigenvalue weighted by atomic mass is 10.1. The second-order valence-electron chi connectivity index (χ2n) is 5.25. The quantitative estimate of drug-likeness (QED) is 0.684. The van der Waals surface area contributed by atoms with Crippen LogP contribution in [0.2, 0.25) is 0 Å². The van der Waals surface area contributed by atoms with E-state index in [0.717, 1.165) is 11.6 Å². The van der Waals surface area contributed by atoms with Crippen molar-refractivity contribution in [2.45, 2.75) is 13.0 Å². The van der Waals surface area contributed by atoms with Gasteiger partial charge in [-0.25, -0.2) is 18.2 Å². The lowest BCUT2D eigenvalue weighted by Crippen LogP contribution is -2.08. The highest BCUT2D eigenvalue weighted by Crippen LogP contribution is 2.19. The summed E-state index contributed by atoms with van der Waals surface area (Å²) >= 11 is 0. The third-order valence-electron chi connectivity index (χ3n) is 3.74. The molecule has 2 aromatic carbocycles. The van der Waals surface area contributed by atoms with E-state index in [1.54, 1.807) is 29.1 Å². The number of hydrogen-bond donors (Lipinski definition) is 0. The van der Waals surface area contributed by atoms with Crippen LogP contribution < -0.4 is 0 Å². The van der Waals surface area contributed by atoms with E-state index in [2.05, 4.69) is 11.1 Å². The van der Waals surface area contributed by atoms with E-state index in [1.165, 1.54) is 6.07 Å². The molecular weight excluding hydrogens is 315 g/mol. The first-order chi connectivity index (χ1) is 11.6. The second kappa shape index (κ2) is 6.59. The summed E-state index contributed by atoms with van der Waals surface area (Å²) in [6, 6.07) is 11.3. The summed E-state index contributed by atoms with van der Waals surface area (Å²) in [6.45, 7) is 0.379. The van der Waals surface area contributed by atoms with E-state index in [-0.39, 0.29) is 12.0 Å². The highest BCUT2D eigenvalue weighted by atomic mass is 19.2. The maximum absolute atomic E-state index is 13.8. The minimum absolute atomic E-state index is 0.0186. The summed E-state index contributed by atoms with van der Waals surface area (Å²) in [5.41, 5.74) is 1.36. The lowest BCUT2D eigenvalue weighted by Gasteiger charge is -2.10. The van der Waals surface area contributed by atoms with Crippen molar-refractivity contribution in [1.82, 2.24) is 9.55 Å². The van der Waals surface area contributed by atoms with Crippen LogP contribution in [0.15, 0.2) is 48.8 Å². The molecule has 0 aliphatic rings. The monoisotopic (exact) mass is 327 g/mol.